The summed E-state index contributed by atoms with van der Waals surface area (Å²) in [4.78, 5) is 50.7. The van der Waals surface area contributed by atoms with Crippen molar-refractivity contribution in [3.05, 3.63) is 89.5 Å². The summed E-state index contributed by atoms with van der Waals surface area (Å²) in [7, 11) is 0. The van der Waals surface area contributed by atoms with Crippen molar-refractivity contribution >= 4 is 39.6 Å². The summed E-state index contributed by atoms with van der Waals surface area (Å²) in [5.74, 6) is 3.00. The van der Waals surface area contributed by atoms with Gasteiger partial charge in [0.05, 0.1) is 34.2 Å². The molecule has 0 bridgehead atoms. The van der Waals surface area contributed by atoms with E-state index in [2.05, 4.69) is 133 Å². The summed E-state index contributed by atoms with van der Waals surface area (Å²) in [5, 5.41) is 0. The predicted octanol–water partition coefficient (Wildman–Crippen LogP) is 9.34. The van der Waals surface area contributed by atoms with Gasteiger partial charge in [-0.1, -0.05) is 84.7 Å². The van der Waals surface area contributed by atoms with Gasteiger partial charge in [0.1, 0.15) is 11.6 Å². The first-order chi connectivity index (χ1) is 25.6. The Morgan fingerprint density at radius 3 is 1.58 bits per heavy atom. The van der Waals surface area contributed by atoms with E-state index in [1.807, 2.05) is 0 Å². The molecule has 2 fully saturated rings. The van der Waals surface area contributed by atoms with Gasteiger partial charge in [0, 0.05) is 43.7 Å². The second-order valence-electron chi connectivity index (χ2n) is 15.9. The van der Waals surface area contributed by atoms with Crippen LogP contribution in [0.15, 0.2) is 66.7 Å². The number of imidazole rings is 2. The highest BCUT2D eigenvalue weighted by molar-refractivity contribution is 5.81. The molecule has 9 heteroatoms. The third-order valence-corrected chi connectivity index (χ3v) is 12.5. The maximum atomic E-state index is 13.5. The summed E-state index contributed by atoms with van der Waals surface area (Å²) in [6.07, 6.45) is 5.87. The average Bonchev–Trinajstić information content (AvgIpc) is 4.01. The van der Waals surface area contributed by atoms with Crippen LogP contribution in [0, 0.1) is 23.7 Å². The van der Waals surface area contributed by atoms with Gasteiger partial charge in [-0.25, -0.2) is 9.97 Å². The van der Waals surface area contributed by atoms with Crippen molar-refractivity contribution in [2.45, 2.75) is 105 Å². The van der Waals surface area contributed by atoms with Crippen LogP contribution in [-0.4, -0.2) is 54.6 Å². The van der Waals surface area contributed by atoms with Crippen LogP contribution in [0.4, 0.5) is 5.69 Å². The Balaban J connectivity index is 1.10. The fraction of sp³-hybridized carbons (Fsp3) is 0.500. The van der Waals surface area contributed by atoms with Crippen LogP contribution in [0.2, 0.25) is 0 Å². The third-order valence-electron chi connectivity index (χ3n) is 12.5. The quantitative estimate of drug-likeness (QED) is 0.127. The minimum Gasteiger partial charge on any atom is -0.363 e. The number of aromatic amines is 2. The van der Waals surface area contributed by atoms with E-state index in [1.165, 1.54) is 11.1 Å². The first kappa shape index (κ1) is 36.7. The molecule has 0 aliphatic carbocycles. The number of para-hydroxylation sites is 1. The van der Waals surface area contributed by atoms with E-state index in [1.54, 1.807) is 0 Å². The molecule has 9 nitrogen and oxygen atoms in total. The van der Waals surface area contributed by atoms with Gasteiger partial charge in [-0.15, -0.1) is 0 Å². The van der Waals surface area contributed by atoms with Gasteiger partial charge in [0.15, 0.2) is 0 Å². The summed E-state index contributed by atoms with van der Waals surface area (Å²) in [5.41, 5.74) is 7.39. The molecular weight excluding hydrogens is 659 g/mol. The van der Waals surface area contributed by atoms with Crippen LogP contribution in [-0.2, 0) is 22.7 Å². The standard InChI is InChI=1S/C44H57N7O2/c1-7-28(3)30(5)43(52)50-22-12-16-39(50)41-45-35-20-18-32(24-37(35)47-41)26-49(34-14-10-9-11-15-34)27-33-19-21-36-38(25-33)48-42(46-36)40-17-13-23-51(40)44(53)31(6)29(4)8-2/h9-11,14-15,18-21,24-25,28-31,39-40H,7-8,12-13,16-17,22-23,26-27H2,1-6H3,(H,45,47)(H,46,48). The van der Waals surface area contributed by atoms with Gasteiger partial charge in [0.2, 0.25) is 11.8 Å². The molecule has 4 heterocycles. The van der Waals surface area contributed by atoms with E-state index in [0.29, 0.717) is 24.9 Å². The summed E-state index contributed by atoms with van der Waals surface area (Å²) in [6.45, 7) is 15.8. The van der Waals surface area contributed by atoms with Gasteiger partial charge in [-0.2, -0.15) is 0 Å². The molecule has 2 aromatic heterocycles. The van der Waals surface area contributed by atoms with E-state index in [0.717, 1.165) is 91.0 Å². The van der Waals surface area contributed by atoms with Crippen molar-refractivity contribution < 1.29 is 9.59 Å². The lowest BCUT2D eigenvalue weighted by Gasteiger charge is -2.28. The fourth-order valence-corrected chi connectivity index (χ4v) is 8.33. The zero-order valence-corrected chi connectivity index (χ0v) is 32.4. The molecule has 0 radical (unpaired) electrons. The zero-order valence-electron chi connectivity index (χ0n) is 32.4. The zero-order chi connectivity index (χ0) is 37.2. The normalized spacial score (nSPS) is 19.9. The number of amides is 2. The Labute approximate surface area is 314 Å². The number of fused-ring (bicyclic) bond motifs is 2. The number of rotatable bonds is 13. The molecule has 2 amide bonds. The molecule has 53 heavy (non-hydrogen) atoms. The van der Waals surface area contributed by atoms with E-state index in [4.69, 9.17) is 9.97 Å². The van der Waals surface area contributed by atoms with Crippen LogP contribution in [0.5, 0.6) is 0 Å². The van der Waals surface area contributed by atoms with Crippen molar-refractivity contribution in [1.29, 1.82) is 0 Å². The van der Waals surface area contributed by atoms with E-state index in [9.17, 15) is 9.59 Å². The number of likely N-dealkylation sites (tertiary alicyclic amines) is 2. The topological polar surface area (TPSA) is 101 Å². The Morgan fingerprint density at radius 2 is 1.15 bits per heavy atom. The number of nitrogens with zero attached hydrogens (tertiary/aromatic N) is 5. The highest BCUT2D eigenvalue weighted by atomic mass is 16.2. The van der Waals surface area contributed by atoms with Crippen molar-refractivity contribution in [2.24, 2.45) is 23.7 Å². The number of hydrogen-bond acceptors (Lipinski definition) is 5. The van der Waals surface area contributed by atoms with Crippen molar-refractivity contribution in [3.63, 3.8) is 0 Å². The Hall–Kier alpha value is -4.66. The number of nitrogens with one attached hydrogen (secondary N) is 2. The van der Waals surface area contributed by atoms with Gasteiger partial charge in [0.25, 0.3) is 0 Å². The van der Waals surface area contributed by atoms with Crippen LogP contribution in [0.25, 0.3) is 22.1 Å². The number of H-pyrrole nitrogens is 2. The lowest BCUT2D eigenvalue weighted by Crippen LogP contribution is -2.37. The smallest absolute Gasteiger partial charge is 0.226 e. The molecule has 280 valence electrons. The molecule has 0 spiro atoms. The maximum absolute atomic E-state index is 13.5. The number of benzene rings is 3. The first-order valence-corrected chi connectivity index (χ1v) is 20.0. The van der Waals surface area contributed by atoms with E-state index >= 15 is 0 Å². The lowest BCUT2D eigenvalue weighted by atomic mass is 9.92. The van der Waals surface area contributed by atoms with Crippen LogP contribution >= 0.6 is 0 Å². The Bertz CT molecular complexity index is 1910. The van der Waals surface area contributed by atoms with Crippen LogP contribution in [0.1, 0.15) is 115 Å². The van der Waals surface area contributed by atoms with Gasteiger partial charge < -0.3 is 24.7 Å². The molecule has 7 rings (SSSR count). The lowest BCUT2D eigenvalue weighted by molar-refractivity contribution is -0.138. The largest absolute Gasteiger partial charge is 0.363 e. The number of carbonyl (C=O) groups is 2. The Kier molecular flexibility index (Phi) is 10.9. The molecule has 3 aromatic carbocycles. The maximum Gasteiger partial charge on any atom is 0.226 e. The fourth-order valence-electron chi connectivity index (χ4n) is 8.33. The van der Waals surface area contributed by atoms with Crippen LogP contribution in [0.3, 0.4) is 0 Å². The predicted molar refractivity (Wildman–Crippen MR) is 213 cm³/mol. The van der Waals surface area contributed by atoms with Crippen molar-refractivity contribution in [3.8, 4) is 0 Å². The highest BCUT2D eigenvalue weighted by Crippen LogP contribution is 2.36. The summed E-state index contributed by atoms with van der Waals surface area (Å²) in [6, 6.07) is 23.5. The Morgan fingerprint density at radius 1 is 0.698 bits per heavy atom. The minimum absolute atomic E-state index is 0.00543. The number of hydrogen-bond donors (Lipinski definition) is 2. The average molecular weight is 716 g/mol. The molecule has 6 atom stereocenters. The monoisotopic (exact) mass is 715 g/mol. The molecule has 2 N–H and O–H groups in total. The second kappa shape index (κ2) is 15.7. The molecule has 0 saturated carbocycles. The third kappa shape index (κ3) is 7.58. The van der Waals surface area contributed by atoms with Gasteiger partial charge in [-0.05, 0) is 85.0 Å². The molecule has 5 aromatic rings. The van der Waals surface area contributed by atoms with Gasteiger partial charge in [-0.3, -0.25) is 9.59 Å². The minimum atomic E-state index is -0.00543. The summed E-state index contributed by atoms with van der Waals surface area (Å²) >= 11 is 0. The molecule has 2 aliphatic rings. The highest BCUT2D eigenvalue weighted by Gasteiger charge is 2.37. The molecule has 2 saturated heterocycles. The van der Waals surface area contributed by atoms with E-state index < -0.39 is 0 Å². The molecule has 2 aliphatic heterocycles. The van der Waals surface area contributed by atoms with Crippen LogP contribution < -0.4 is 4.90 Å². The SMILES string of the molecule is CCC(C)C(C)C(=O)N1CCCC1c1nc2ccc(CN(Cc3ccc4nc(C5CCCN5C(=O)C(C)C(C)CC)[nH]c4c3)c3ccccc3)cc2[nH]1. The summed E-state index contributed by atoms with van der Waals surface area (Å²) < 4.78 is 0. The van der Waals surface area contributed by atoms with Gasteiger partial charge >= 0.3 is 0 Å². The van der Waals surface area contributed by atoms with Crippen molar-refractivity contribution in [1.82, 2.24) is 29.7 Å². The molecular formula is C44H57N7O2. The molecule has 6 unspecified atom stereocenters. The second-order valence-corrected chi connectivity index (χ2v) is 15.9. The first-order valence-electron chi connectivity index (χ1n) is 20.0. The van der Waals surface area contributed by atoms with Crippen molar-refractivity contribution in [2.75, 3.05) is 18.0 Å². The number of anilines is 1. The number of carbonyl (C=O) groups excluding carboxylic acids is 2. The number of aromatic nitrogens is 4. The van der Waals surface area contributed by atoms with E-state index in [-0.39, 0.29) is 35.7 Å².